The Morgan fingerprint density at radius 3 is 2.74 bits per heavy atom. The predicted octanol–water partition coefficient (Wildman–Crippen LogP) is 4.35. The molecule has 1 fully saturated rings. The van der Waals surface area contributed by atoms with Crippen LogP contribution in [0.4, 0.5) is 10.2 Å². The van der Waals surface area contributed by atoms with E-state index in [0.717, 1.165) is 42.2 Å². The first-order valence-electron chi connectivity index (χ1n) is 9.35. The summed E-state index contributed by atoms with van der Waals surface area (Å²) in [6.45, 7) is 4.64. The Bertz CT molecular complexity index is 922. The highest BCUT2D eigenvalue weighted by Crippen LogP contribution is 2.37. The summed E-state index contributed by atoms with van der Waals surface area (Å²) in [7, 11) is 0. The number of anilines is 1. The lowest BCUT2D eigenvalue weighted by molar-refractivity contribution is 0.442. The van der Waals surface area contributed by atoms with E-state index in [4.69, 9.17) is 4.42 Å². The van der Waals surface area contributed by atoms with Crippen molar-refractivity contribution < 1.29 is 8.81 Å². The second kappa shape index (κ2) is 7.47. The number of pyridine rings is 1. The van der Waals surface area contributed by atoms with Gasteiger partial charge in [-0.3, -0.25) is 4.98 Å². The summed E-state index contributed by atoms with van der Waals surface area (Å²) in [6.07, 6.45) is 6.43. The molecule has 0 spiro atoms. The maximum atomic E-state index is 15.2. The van der Waals surface area contributed by atoms with Crippen LogP contribution >= 0.6 is 0 Å². The molecule has 1 aliphatic heterocycles. The number of rotatable bonds is 5. The van der Waals surface area contributed by atoms with E-state index < -0.39 is 0 Å². The number of aromatic nitrogens is 3. The van der Waals surface area contributed by atoms with Gasteiger partial charge in [-0.05, 0) is 63.3 Å². The molecular formula is C21H23FN4O. The first-order valence-corrected chi connectivity index (χ1v) is 9.35. The fraction of sp³-hybridized carbons (Fsp3) is 0.381. The second-order valence-corrected chi connectivity index (χ2v) is 7.07. The molecule has 5 nitrogen and oxygen atoms in total. The number of furan rings is 1. The van der Waals surface area contributed by atoms with E-state index in [9.17, 15) is 0 Å². The minimum absolute atomic E-state index is 0.0252. The van der Waals surface area contributed by atoms with Crippen molar-refractivity contribution in [3.8, 4) is 0 Å². The summed E-state index contributed by atoms with van der Waals surface area (Å²) in [6, 6.07) is 7.94. The molecule has 4 rings (SSSR count). The first kappa shape index (κ1) is 17.6. The smallest absolute Gasteiger partial charge is 0.187 e. The molecule has 140 valence electrons. The third kappa shape index (κ3) is 3.70. The van der Waals surface area contributed by atoms with Gasteiger partial charge < -0.3 is 9.32 Å². The summed E-state index contributed by atoms with van der Waals surface area (Å²) >= 11 is 0. The highest BCUT2D eigenvalue weighted by Gasteiger charge is 2.32. The van der Waals surface area contributed by atoms with Crippen molar-refractivity contribution in [1.82, 2.24) is 15.0 Å². The van der Waals surface area contributed by atoms with Crippen molar-refractivity contribution in [3.05, 3.63) is 71.1 Å². The quantitative estimate of drug-likeness (QED) is 0.672. The van der Waals surface area contributed by atoms with E-state index in [1.54, 1.807) is 0 Å². The van der Waals surface area contributed by atoms with Crippen LogP contribution < -0.4 is 4.90 Å². The van der Waals surface area contributed by atoms with Crippen LogP contribution in [0.3, 0.4) is 0 Å². The number of nitrogens with zero attached hydrogens (tertiary/aromatic N) is 4. The highest BCUT2D eigenvalue weighted by molar-refractivity contribution is 5.45. The molecule has 0 aromatic carbocycles. The number of hydrogen-bond acceptors (Lipinski definition) is 5. The van der Waals surface area contributed by atoms with Gasteiger partial charge in [-0.25, -0.2) is 14.4 Å². The fourth-order valence-corrected chi connectivity index (χ4v) is 3.63. The van der Waals surface area contributed by atoms with Crippen molar-refractivity contribution in [2.45, 2.75) is 45.6 Å². The number of aryl methyl sites for hydroxylation is 4. The summed E-state index contributed by atoms with van der Waals surface area (Å²) in [5, 5.41) is 0. The molecule has 0 amide bonds. The highest BCUT2D eigenvalue weighted by atomic mass is 19.1. The lowest BCUT2D eigenvalue weighted by Gasteiger charge is -2.25. The SMILES string of the molecule is Cc1ccc(CCc2ncnc(N3CCCC3c3ccc(C)o3)c2F)cn1. The molecular weight excluding hydrogens is 343 g/mol. The van der Waals surface area contributed by atoms with Crippen LogP contribution in [0.15, 0.2) is 41.2 Å². The molecule has 1 atom stereocenters. The lowest BCUT2D eigenvalue weighted by atomic mass is 10.1. The lowest BCUT2D eigenvalue weighted by Crippen LogP contribution is -2.25. The van der Waals surface area contributed by atoms with Gasteiger partial charge in [-0.2, -0.15) is 0 Å². The third-order valence-corrected chi connectivity index (χ3v) is 5.08. The molecule has 0 N–H and O–H groups in total. The third-order valence-electron chi connectivity index (χ3n) is 5.08. The van der Waals surface area contributed by atoms with E-state index in [1.807, 2.05) is 49.2 Å². The molecule has 27 heavy (non-hydrogen) atoms. The standard InChI is InChI=1S/C21H23FN4O/c1-14-5-7-16(12-23-14)8-9-17-20(22)21(25-13-24-17)26-11-3-4-18(26)19-10-6-15(2)27-19/h5-7,10,12-13,18H,3-4,8-9,11H2,1-2H3. The van der Waals surface area contributed by atoms with Crippen molar-refractivity contribution in [2.24, 2.45) is 0 Å². The van der Waals surface area contributed by atoms with Crippen LogP contribution in [0.25, 0.3) is 0 Å². The van der Waals surface area contributed by atoms with E-state index in [2.05, 4.69) is 15.0 Å². The van der Waals surface area contributed by atoms with E-state index in [0.29, 0.717) is 24.4 Å². The molecule has 1 unspecified atom stereocenters. The van der Waals surface area contributed by atoms with Crippen LogP contribution in [0.5, 0.6) is 0 Å². The Hall–Kier alpha value is -2.76. The minimum atomic E-state index is -0.326. The van der Waals surface area contributed by atoms with E-state index >= 15 is 4.39 Å². The Morgan fingerprint density at radius 2 is 2.00 bits per heavy atom. The minimum Gasteiger partial charge on any atom is -0.464 e. The van der Waals surface area contributed by atoms with Crippen molar-refractivity contribution in [3.63, 3.8) is 0 Å². The van der Waals surface area contributed by atoms with Gasteiger partial charge in [0.25, 0.3) is 0 Å². The predicted molar refractivity (Wildman–Crippen MR) is 101 cm³/mol. The monoisotopic (exact) mass is 366 g/mol. The van der Waals surface area contributed by atoms with Gasteiger partial charge in [0, 0.05) is 18.4 Å². The molecule has 4 heterocycles. The second-order valence-electron chi connectivity index (χ2n) is 7.07. The molecule has 1 saturated heterocycles. The molecule has 0 saturated carbocycles. The molecule has 0 radical (unpaired) electrons. The van der Waals surface area contributed by atoms with Crippen LogP contribution in [0.1, 0.15) is 47.4 Å². The number of halogens is 1. The van der Waals surface area contributed by atoms with Gasteiger partial charge >= 0.3 is 0 Å². The van der Waals surface area contributed by atoms with Crippen LogP contribution in [0.2, 0.25) is 0 Å². The Balaban J connectivity index is 1.55. The zero-order chi connectivity index (χ0) is 18.8. The Kier molecular flexibility index (Phi) is 4.88. The fourth-order valence-electron chi connectivity index (χ4n) is 3.63. The zero-order valence-corrected chi connectivity index (χ0v) is 15.7. The van der Waals surface area contributed by atoms with Crippen LogP contribution in [-0.4, -0.2) is 21.5 Å². The molecule has 1 aliphatic rings. The van der Waals surface area contributed by atoms with Crippen LogP contribution in [-0.2, 0) is 12.8 Å². The van der Waals surface area contributed by atoms with Crippen molar-refractivity contribution in [1.29, 1.82) is 0 Å². The van der Waals surface area contributed by atoms with Gasteiger partial charge in [0.1, 0.15) is 17.8 Å². The average Bonchev–Trinajstić information content (AvgIpc) is 3.31. The van der Waals surface area contributed by atoms with Gasteiger partial charge in [0.2, 0.25) is 0 Å². The van der Waals surface area contributed by atoms with E-state index in [-0.39, 0.29) is 11.9 Å². The molecule has 3 aromatic rings. The van der Waals surface area contributed by atoms with E-state index in [1.165, 1.54) is 6.33 Å². The van der Waals surface area contributed by atoms with Gasteiger partial charge in [-0.15, -0.1) is 0 Å². The largest absolute Gasteiger partial charge is 0.464 e. The van der Waals surface area contributed by atoms with Gasteiger partial charge in [-0.1, -0.05) is 6.07 Å². The molecule has 0 aliphatic carbocycles. The summed E-state index contributed by atoms with van der Waals surface area (Å²) < 4.78 is 21.0. The summed E-state index contributed by atoms with van der Waals surface area (Å²) in [5.41, 5.74) is 2.50. The van der Waals surface area contributed by atoms with Crippen LogP contribution in [0, 0.1) is 19.7 Å². The maximum absolute atomic E-state index is 15.2. The Labute approximate surface area is 158 Å². The molecule has 6 heteroatoms. The summed E-state index contributed by atoms with van der Waals surface area (Å²) in [4.78, 5) is 14.7. The maximum Gasteiger partial charge on any atom is 0.187 e. The van der Waals surface area contributed by atoms with Gasteiger partial charge in [0.15, 0.2) is 11.6 Å². The van der Waals surface area contributed by atoms with Crippen molar-refractivity contribution >= 4 is 5.82 Å². The van der Waals surface area contributed by atoms with Crippen molar-refractivity contribution in [2.75, 3.05) is 11.4 Å². The normalized spacial score (nSPS) is 16.9. The molecule has 3 aromatic heterocycles. The Morgan fingerprint density at radius 1 is 1.11 bits per heavy atom. The first-order chi connectivity index (χ1) is 13.1. The average molecular weight is 366 g/mol. The van der Waals surface area contributed by atoms with Gasteiger partial charge in [0.05, 0.1) is 11.7 Å². The zero-order valence-electron chi connectivity index (χ0n) is 15.7. The molecule has 0 bridgehead atoms. The number of hydrogen-bond donors (Lipinski definition) is 0. The summed E-state index contributed by atoms with van der Waals surface area (Å²) in [5.74, 6) is 1.79. The topological polar surface area (TPSA) is 55.1 Å².